The fraction of sp³-hybridized carbons (Fsp3) is 0.143. The molecule has 0 aliphatic heterocycles. The highest BCUT2D eigenvalue weighted by molar-refractivity contribution is 7.79. The van der Waals surface area contributed by atoms with E-state index in [0.29, 0.717) is 0 Å². The molecule has 0 bridgehead atoms. The molecule has 80 valence electrons. The first-order chi connectivity index (χ1) is 6.22. The highest BCUT2D eigenvalue weighted by Gasteiger charge is 1.94. The van der Waals surface area contributed by atoms with Crippen molar-refractivity contribution >= 4 is 27.7 Å². The molecular weight excluding hydrogens is 230 g/mol. The van der Waals surface area contributed by atoms with Crippen molar-refractivity contribution < 1.29 is 17.5 Å². The largest absolute Gasteiger partial charge is 0.398 e. The van der Waals surface area contributed by atoms with Crippen molar-refractivity contribution in [3.8, 4) is 0 Å². The van der Waals surface area contributed by atoms with Crippen molar-refractivity contribution in [1.82, 2.24) is 0 Å². The van der Waals surface area contributed by atoms with Crippen LogP contribution in [0, 0.1) is 6.92 Å². The molecular formula is C7H10ClNO4S. The Hall–Kier alpha value is -0.820. The fourth-order valence-electron chi connectivity index (χ4n) is 0.624. The summed E-state index contributed by atoms with van der Waals surface area (Å²) in [4.78, 5) is 0. The van der Waals surface area contributed by atoms with Crippen LogP contribution in [0.25, 0.3) is 0 Å². The lowest BCUT2D eigenvalue weighted by Crippen LogP contribution is -1.89. The van der Waals surface area contributed by atoms with Gasteiger partial charge in [-0.3, -0.25) is 9.11 Å². The van der Waals surface area contributed by atoms with Crippen LogP contribution in [0.4, 0.5) is 5.69 Å². The summed E-state index contributed by atoms with van der Waals surface area (Å²) in [6, 6.07) is 5.50. The van der Waals surface area contributed by atoms with Crippen LogP contribution in [0.3, 0.4) is 0 Å². The molecule has 4 N–H and O–H groups in total. The predicted molar refractivity (Wildman–Crippen MR) is 54.8 cm³/mol. The van der Waals surface area contributed by atoms with Gasteiger partial charge in [0.1, 0.15) is 0 Å². The van der Waals surface area contributed by atoms with Crippen molar-refractivity contribution in [3.63, 3.8) is 0 Å². The highest BCUT2D eigenvalue weighted by Crippen LogP contribution is 2.19. The van der Waals surface area contributed by atoms with E-state index in [2.05, 4.69) is 0 Å². The molecule has 0 heterocycles. The maximum absolute atomic E-state index is 8.74. The molecule has 0 spiro atoms. The maximum Gasteiger partial charge on any atom is 0.394 e. The minimum Gasteiger partial charge on any atom is -0.398 e. The first-order valence-electron chi connectivity index (χ1n) is 3.42. The highest BCUT2D eigenvalue weighted by atomic mass is 35.5. The van der Waals surface area contributed by atoms with E-state index in [0.717, 1.165) is 16.3 Å². The van der Waals surface area contributed by atoms with Gasteiger partial charge in [0.2, 0.25) is 0 Å². The van der Waals surface area contributed by atoms with Gasteiger partial charge in [-0.05, 0) is 24.6 Å². The molecule has 1 rings (SSSR count). The second-order valence-corrected chi connectivity index (χ2v) is 3.70. The van der Waals surface area contributed by atoms with Crippen LogP contribution in [-0.2, 0) is 10.4 Å². The first kappa shape index (κ1) is 13.2. The second-order valence-electron chi connectivity index (χ2n) is 2.40. The smallest absolute Gasteiger partial charge is 0.394 e. The van der Waals surface area contributed by atoms with E-state index in [9.17, 15) is 0 Å². The Morgan fingerprint density at radius 3 is 2.07 bits per heavy atom. The maximum atomic E-state index is 8.74. The van der Waals surface area contributed by atoms with Crippen LogP contribution in [0.5, 0.6) is 0 Å². The van der Waals surface area contributed by atoms with Gasteiger partial charge in [-0.25, -0.2) is 0 Å². The van der Waals surface area contributed by atoms with Gasteiger partial charge in [0, 0.05) is 10.7 Å². The van der Waals surface area contributed by atoms with E-state index in [1.807, 2.05) is 25.1 Å². The Morgan fingerprint density at radius 2 is 1.79 bits per heavy atom. The van der Waals surface area contributed by atoms with Crippen molar-refractivity contribution in [2.24, 2.45) is 0 Å². The summed E-state index contributed by atoms with van der Waals surface area (Å²) in [5.41, 5.74) is 7.25. The summed E-state index contributed by atoms with van der Waals surface area (Å²) >= 11 is 5.73. The molecule has 0 fully saturated rings. The monoisotopic (exact) mass is 239 g/mol. The van der Waals surface area contributed by atoms with Gasteiger partial charge in [0.15, 0.2) is 0 Å². The first-order valence-corrected chi connectivity index (χ1v) is 5.20. The van der Waals surface area contributed by atoms with Crippen molar-refractivity contribution in [3.05, 3.63) is 28.8 Å². The SMILES string of the molecule is Cc1c(N)cccc1Cl.O=S(=O)(O)O. The van der Waals surface area contributed by atoms with Gasteiger partial charge >= 0.3 is 10.4 Å². The third-order valence-electron chi connectivity index (χ3n) is 1.31. The molecule has 7 heteroatoms. The number of nitrogens with two attached hydrogens (primary N) is 1. The van der Waals surface area contributed by atoms with Crippen LogP contribution in [0.15, 0.2) is 18.2 Å². The number of anilines is 1. The van der Waals surface area contributed by atoms with Crippen LogP contribution in [-0.4, -0.2) is 17.5 Å². The van der Waals surface area contributed by atoms with Crippen molar-refractivity contribution in [2.75, 3.05) is 5.73 Å². The standard InChI is InChI=1S/C7H8ClN.H2O4S/c1-5-6(8)3-2-4-7(5)9;1-5(2,3)4/h2-4H,9H2,1H3;(H2,1,2,3,4). The average molecular weight is 240 g/mol. The Labute approximate surface area is 87.1 Å². The molecule has 0 aromatic heterocycles. The van der Waals surface area contributed by atoms with E-state index in [1.54, 1.807) is 0 Å². The van der Waals surface area contributed by atoms with Gasteiger partial charge in [-0.2, -0.15) is 8.42 Å². The number of hydrogen-bond donors (Lipinski definition) is 3. The van der Waals surface area contributed by atoms with E-state index in [1.165, 1.54) is 0 Å². The van der Waals surface area contributed by atoms with E-state index < -0.39 is 10.4 Å². The second kappa shape index (κ2) is 5.16. The molecule has 5 nitrogen and oxygen atoms in total. The molecule has 0 aliphatic rings. The summed E-state index contributed by atoms with van der Waals surface area (Å²) in [7, 11) is -4.67. The third-order valence-corrected chi connectivity index (χ3v) is 1.72. The molecule has 1 aromatic carbocycles. The molecule has 0 radical (unpaired) electrons. The lowest BCUT2D eigenvalue weighted by atomic mass is 10.2. The molecule has 0 amide bonds. The molecule has 0 atom stereocenters. The third kappa shape index (κ3) is 6.67. The van der Waals surface area contributed by atoms with E-state index in [-0.39, 0.29) is 0 Å². The number of nitrogen functional groups attached to an aromatic ring is 1. The summed E-state index contributed by atoms with van der Waals surface area (Å²) in [5.74, 6) is 0. The molecule has 0 saturated carbocycles. The minimum atomic E-state index is -4.67. The number of rotatable bonds is 0. The van der Waals surface area contributed by atoms with Crippen molar-refractivity contribution in [1.29, 1.82) is 0 Å². The zero-order valence-electron chi connectivity index (χ0n) is 7.31. The van der Waals surface area contributed by atoms with Gasteiger partial charge in [-0.1, -0.05) is 17.7 Å². The Bertz CT molecular complexity index is 376. The lowest BCUT2D eigenvalue weighted by molar-refractivity contribution is 0.381. The van der Waals surface area contributed by atoms with Gasteiger partial charge in [0.05, 0.1) is 0 Å². The molecule has 14 heavy (non-hydrogen) atoms. The van der Waals surface area contributed by atoms with Crippen LogP contribution in [0.2, 0.25) is 5.02 Å². The van der Waals surface area contributed by atoms with E-state index in [4.69, 9.17) is 34.9 Å². The summed E-state index contributed by atoms with van der Waals surface area (Å²) in [5, 5.41) is 0.731. The fourth-order valence-corrected chi connectivity index (χ4v) is 0.806. The normalized spacial score (nSPS) is 10.3. The Balaban J connectivity index is 0.000000292. The summed E-state index contributed by atoms with van der Waals surface area (Å²) in [6.07, 6.45) is 0. The Morgan fingerprint density at radius 1 is 1.36 bits per heavy atom. The minimum absolute atomic E-state index is 0.731. The zero-order valence-corrected chi connectivity index (χ0v) is 8.88. The predicted octanol–water partition coefficient (Wildman–Crippen LogP) is 1.58. The van der Waals surface area contributed by atoms with Crippen LogP contribution < -0.4 is 5.73 Å². The van der Waals surface area contributed by atoms with E-state index >= 15 is 0 Å². The van der Waals surface area contributed by atoms with Gasteiger partial charge in [0.25, 0.3) is 0 Å². The molecule has 1 aromatic rings. The van der Waals surface area contributed by atoms with Crippen LogP contribution >= 0.6 is 11.6 Å². The number of benzene rings is 1. The average Bonchev–Trinajstić information content (AvgIpc) is 1.97. The molecule has 0 aliphatic carbocycles. The van der Waals surface area contributed by atoms with Crippen LogP contribution in [0.1, 0.15) is 5.56 Å². The summed E-state index contributed by atoms with van der Waals surface area (Å²) < 4.78 is 31.6. The Kier molecular flexibility index (Phi) is 4.86. The molecule has 0 unspecified atom stereocenters. The summed E-state index contributed by atoms with van der Waals surface area (Å²) in [6.45, 7) is 1.90. The topological polar surface area (TPSA) is 101 Å². The van der Waals surface area contributed by atoms with Gasteiger partial charge < -0.3 is 5.73 Å². The number of hydrogen-bond acceptors (Lipinski definition) is 3. The zero-order chi connectivity index (χ0) is 11.4. The van der Waals surface area contributed by atoms with Crippen molar-refractivity contribution in [2.45, 2.75) is 6.92 Å². The van der Waals surface area contributed by atoms with Gasteiger partial charge in [-0.15, -0.1) is 0 Å². The number of halogens is 1. The molecule has 0 saturated heterocycles. The quantitative estimate of drug-likeness (QED) is 0.471. The lowest BCUT2D eigenvalue weighted by Gasteiger charge is -1.98.